The van der Waals surface area contributed by atoms with Crippen LogP contribution in [-0.2, 0) is 0 Å². The van der Waals surface area contributed by atoms with E-state index in [1.54, 1.807) is 0 Å². The van der Waals surface area contributed by atoms with Crippen LogP contribution in [-0.4, -0.2) is 118 Å². The van der Waals surface area contributed by atoms with Crippen molar-refractivity contribution in [1.82, 2.24) is 0 Å². The average Bonchev–Trinajstić information content (AvgIpc) is 2.93. The fourth-order valence-electron chi connectivity index (χ4n) is 2.68. The van der Waals surface area contributed by atoms with Crippen LogP contribution >= 0.6 is 0 Å². The zero-order valence-electron chi connectivity index (χ0n) is 31.3. The summed E-state index contributed by atoms with van der Waals surface area (Å²) in [5.74, 6) is -46.6. The molecule has 0 bridgehead atoms. The summed E-state index contributed by atoms with van der Waals surface area (Å²) in [6.45, 7) is 11.7. The van der Waals surface area contributed by atoms with Crippen LogP contribution < -0.4 is 0 Å². The summed E-state index contributed by atoms with van der Waals surface area (Å²) in [6.07, 6.45) is -24.0. The topological polar surface area (TPSA) is 128 Å². The quantitative estimate of drug-likeness (QED) is 0.105. The molecule has 0 fully saturated rings. The molecule has 0 aromatic rings. The van der Waals surface area contributed by atoms with Crippen LogP contribution in [0.2, 0.25) is 0 Å². The van der Waals surface area contributed by atoms with Gasteiger partial charge in [0, 0.05) is 41.3 Å². The second-order valence-electron chi connectivity index (χ2n) is 14.9. The van der Waals surface area contributed by atoms with E-state index in [9.17, 15) is 107 Å². The number of hydrogen-bond donors (Lipinski definition) is 0. The van der Waals surface area contributed by atoms with E-state index >= 15 is 0 Å². The predicted molar refractivity (Wildman–Crippen MR) is 162 cm³/mol. The molecule has 0 spiro atoms. The van der Waals surface area contributed by atoms with E-state index < -0.39 is 124 Å². The van der Waals surface area contributed by atoms with E-state index in [1.165, 1.54) is 62.3 Å². The number of hydrogen-bond acceptors (Lipinski definition) is 0. The van der Waals surface area contributed by atoms with E-state index in [-0.39, 0.29) is 41.3 Å². The molecule has 339 valence electrons. The third-order valence-electron chi connectivity index (χ3n) is 6.94. The van der Waals surface area contributed by atoms with Gasteiger partial charge >= 0.3 is 88.8 Å². The Morgan fingerprint density at radius 1 is 0.276 bits per heavy atom. The first kappa shape index (κ1) is 62.6. The van der Waals surface area contributed by atoms with Gasteiger partial charge in [0.2, 0.25) is 0 Å². The molecule has 0 aromatic carbocycles. The van der Waals surface area contributed by atoms with Crippen molar-refractivity contribution in [3.63, 3.8) is 0 Å². The van der Waals surface area contributed by atoms with E-state index in [4.69, 9.17) is 14.4 Å². The Morgan fingerprint density at radius 2 is 0.397 bits per heavy atom. The molecule has 1 radical (unpaired) electrons. The molecule has 0 heterocycles. The number of rotatable bonds is 12. The van der Waals surface area contributed by atoms with Gasteiger partial charge in [-0.15, -0.1) is 0 Å². The van der Waals surface area contributed by atoms with Gasteiger partial charge in [0.1, 0.15) is 0 Å². The summed E-state index contributed by atoms with van der Waals surface area (Å²) in [5.41, 5.74) is -3.47. The average molecular weight is 1040 g/mol. The minimum absolute atomic E-state index is 0. The molecule has 6 nitrogen and oxygen atoms in total. The SMILES string of the molecule is CC(C)(C)C(=[OH+])CC(=[OH+])C(F)(F)C(F)(F)C(F)(F)F.CC(C)(C)C(=[OH+])CC(=[OH+])C(F)(F)C(F)(F)C(F)(F)F.CC(C)(C)C(=[OH+])CC(=[OH+])C(F)(F)C(F)(F)C(F)(F)F.[Pr]. The van der Waals surface area contributed by atoms with Crippen LogP contribution in [0.15, 0.2) is 0 Å². The van der Waals surface area contributed by atoms with Crippen molar-refractivity contribution in [3.8, 4) is 0 Å². The Labute approximate surface area is 347 Å². The molecule has 0 aliphatic rings. The minimum atomic E-state index is -6.53. The second kappa shape index (κ2) is 19.3. The van der Waals surface area contributed by atoms with Crippen molar-refractivity contribution in [2.24, 2.45) is 16.2 Å². The van der Waals surface area contributed by atoms with Gasteiger partial charge in [0.05, 0.1) is 16.2 Å². The molecule has 0 saturated carbocycles. The van der Waals surface area contributed by atoms with Crippen molar-refractivity contribution in [1.29, 1.82) is 0 Å². The molecule has 58 heavy (non-hydrogen) atoms. The van der Waals surface area contributed by atoms with Crippen LogP contribution in [0.4, 0.5) is 92.2 Å². The molecular formula is C30H39F21O6Pr+6. The standard InChI is InChI=1S/3C10H11F7O2.Pr/c3*1-7(2,3)5(18)4-6(19)8(11,12)9(13,14)10(15,16)17;/h3*4H2,1-3H3;/p+6. The third-order valence-corrected chi connectivity index (χ3v) is 6.94. The first-order chi connectivity index (χ1) is 24.1. The molecule has 0 amide bonds. The normalized spacial score (nSPS) is 14.2. The Kier molecular flexibility index (Phi) is 20.8. The van der Waals surface area contributed by atoms with E-state index in [1.807, 2.05) is 0 Å². The largest absolute Gasteiger partial charge is 0.460 e. The zero-order chi connectivity index (χ0) is 47.6. The van der Waals surface area contributed by atoms with Gasteiger partial charge in [0.25, 0.3) is 0 Å². The van der Waals surface area contributed by atoms with Crippen LogP contribution in [0.3, 0.4) is 0 Å². The third kappa shape index (κ3) is 15.1. The summed E-state index contributed by atoms with van der Waals surface area (Å²) >= 11 is 0. The number of carbonyl (C=O) groups excluding carboxylic acids is 6. The number of ketones is 6. The molecule has 0 saturated heterocycles. The molecule has 0 aliphatic carbocycles. The molecule has 0 aliphatic heterocycles. The van der Waals surface area contributed by atoms with Crippen molar-refractivity contribution in [3.05, 3.63) is 0 Å². The number of alkyl halides is 21. The maximum absolute atomic E-state index is 13.0. The van der Waals surface area contributed by atoms with Gasteiger partial charge in [-0.3, -0.25) is 28.8 Å². The maximum atomic E-state index is 13.0. The maximum Gasteiger partial charge on any atom is 0.460 e. The van der Waals surface area contributed by atoms with Gasteiger partial charge < -0.3 is 0 Å². The van der Waals surface area contributed by atoms with Gasteiger partial charge in [-0.25, -0.2) is 0 Å². The molecule has 0 aromatic heterocycles. The summed E-state index contributed by atoms with van der Waals surface area (Å²) < 4.78 is 260. The van der Waals surface area contributed by atoms with Crippen LogP contribution in [0.25, 0.3) is 0 Å². The van der Waals surface area contributed by atoms with Crippen molar-refractivity contribution in [2.75, 3.05) is 0 Å². The summed E-state index contributed by atoms with van der Waals surface area (Å²) in [4.78, 5) is 54.2. The Balaban J connectivity index is -0.000000374. The fraction of sp³-hybridized carbons (Fsp3) is 0.800. The molecule has 6 N–H and O–H groups in total. The van der Waals surface area contributed by atoms with Crippen molar-refractivity contribution >= 4 is 34.7 Å². The van der Waals surface area contributed by atoms with Gasteiger partial charge in [-0.2, -0.15) is 92.2 Å². The van der Waals surface area contributed by atoms with Gasteiger partial charge in [-0.1, -0.05) is 0 Å². The van der Waals surface area contributed by atoms with Crippen molar-refractivity contribution < 1.29 is 162 Å². The molecular weight excluding hydrogens is 996 g/mol. The summed E-state index contributed by atoms with van der Waals surface area (Å²) in [7, 11) is 0. The predicted octanol–water partition coefficient (Wildman–Crippen LogP) is 10.0. The zero-order valence-corrected chi connectivity index (χ0v) is 35.0. The molecule has 0 atom stereocenters. The van der Waals surface area contributed by atoms with Crippen LogP contribution in [0, 0.1) is 57.5 Å². The first-order valence-corrected chi connectivity index (χ1v) is 14.9. The van der Waals surface area contributed by atoms with Gasteiger partial charge in [0.15, 0.2) is 19.3 Å². The van der Waals surface area contributed by atoms with E-state index in [0.29, 0.717) is 0 Å². The fourth-order valence-corrected chi connectivity index (χ4v) is 2.68. The van der Waals surface area contributed by atoms with E-state index in [2.05, 4.69) is 0 Å². The van der Waals surface area contributed by atoms with E-state index in [0.717, 1.165) is 0 Å². The molecule has 28 heteroatoms. The molecule has 0 rings (SSSR count). The monoisotopic (exact) mass is 1040 g/mol. The van der Waals surface area contributed by atoms with Crippen LogP contribution in [0.5, 0.6) is 0 Å². The summed E-state index contributed by atoms with van der Waals surface area (Å²) in [5, 5.41) is 0. The summed E-state index contributed by atoms with van der Waals surface area (Å²) in [6, 6.07) is 0. The van der Waals surface area contributed by atoms with Crippen molar-refractivity contribution in [2.45, 2.75) is 136 Å². The number of halogens is 21. The Bertz CT molecular complexity index is 1310. The van der Waals surface area contributed by atoms with Crippen LogP contribution in [0.1, 0.15) is 81.6 Å². The minimum Gasteiger partial charge on any atom is -0.282 e. The Morgan fingerprint density at radius 3 is 0.483 bits per heavy atom. The Hall–Kier alpha value is -2.09. The smallest absolute Gasteiger partial charge is 0.282 e. The first-order valence-electron chi connectivity index (χ1n) is 14.9. The molecule has 0 unspecified atom stereocenters. The second-order valence-corrected chi connectivity index (χ2v) is 14.9. The van der Waals surface area contributed by atoms with Gasteiger partial charge in [-0.05, 0) is 62.3 Å².